The van der Waals surface area contributed by atoms with Gasteiger partial charge in [0.15, 0.2) is 0 Å². The van der Waals surface area contributed by atoms with Crippen LogP contribution in [0.2, 0.25) is 0 Å². The second-order valence-corrected chi connectivity index (χ2v) is 7.01. The molecule has 2 aromatic rings. The topological polar surface area (TPSA) is 42.4 Å². The quantitative estimate of drug-likeness (QED) is 0.629. The molecular formula is C16H18N2O2Se. The van der Waals surface area contributed by atoms with E-state index in [9.17, 15) is 4.79 Å². The molecule has 3 rings (SSSR count). The molecule has 0 amide bonds. The van der Waals surface area contributed by atoms with Crippen molar-refractivity contribution in [2.45, 2.75) is 19.8 Å². The van der Waals surface area contributed by atoms with Gasteiger partial charge in [-0.1, -0.05) is 0 Å². The first-order valence-electron chi connectivity index (χ1n) is 7.28. The van der Waals surface area contributed by atoms with Crippen LogP contribution in [0.15, 0.2) is 30.3 Å². The third-order valence-electron chi connectivity index (χ3n) is 3.50. The van der Waals surface area contributed by atoms with Crippen molar-refractivity contribution < 1.29 is 9.53 Å². The summed E-state index contributed by atoms with van der Waals surface area (Å²) < 4.78 is 7.29. The molecule has 0 aliphatic carbocycles. The molecule has 5 heteroatoms. The monoisotopic (exact) mass is 350 g/mol. The molecule has 0 unspecified atom stereocenters. The van der Waals surface area contributed by atoms with E-state index >= 15 is 0 Å². The summed E-state index contributed by atoms with van der Waals surface area (Å²) in [7, 11) is 0. The third-order valence-corrected chi connectivity index (χ3v) is 5.94. The summed E-state index contributed by atoms with van der Waals surface area (Å²) in [6.45, 7) is 4.31. The number of anilines is 1. The molecular weight excluding hydrogens is 331 g/mol. The van der Waals surface area contributed by atoms with E-state index in [2.05, 4.69) is 9.88 Å². The number of ether oxygens (including phenoxy) is 1. The normalized spacial score (nSPS) is 14.4. The van der Waals surface area contributed by atoms with Gasteiger partial charge in [-0.15, -0.1) is 0 Å². The predicted octanol–water partition coefficient (Wildman–Crippen LogP) is 2.58. The van der Waals surface area contributed by atoms with Crippen molar-refractivity contribution in [2.24, 2.45) is 0 Å². The van der Waals surface area contributed by atoms with Crippen molar-refractivity contribution in [1.29, 1.82) is 0 Å². The van der Waals surface area contributed by atoms with E-state index in [4.69, 9.17) is 4.74 Å². The Labute approximate surface area is 130 Å². The van der Waals surface area contributed by atoms with Gasteiger partial charge in [0.1, 0.15) is 0 Å². The van der Waals surface area contributed by atoms with Gasteiger partial charge in [0.25, 0.3) is 0 Å². The summed E-state index contributed by atoms with van der Waals surface area (Å²) in [4.78, 5) is 19.1. The van der Waals surface area contributed by atoms with Crippen molar-refractivity contribution in [3.8, 4) is 10.0 Å². The first-order valence-corrected chi connectivity index (χ1v) is 8.99. The number of hydrogen-bond donors (Lipinski definition) is 0. The van der Waals surface area contributed by atoms with Crippen molar-refractivity contribution in [1.82, 2.24) is 4.98 Å². The van der Waals surface area contributed by atoms with Crippen LogP contribution in [0.25, 0.3) is 10.0 Å². The molecule has 1 aliphatic rings. The Bertz CT molecular complexity index is 618. The maximum absolute atomic E-state index is 12.2. The Morgan fingerprint density at radius 1 is 1.29 bits per heavy atom. The Kier molecular flexibility index (Phi) is 4.42. The molecule has 0 saturated carbocycles. The van der Waals surface area contributed by atoms with Gasteiger partial charge >= 0.3 is 130 Å². The van der Waals surface area contributed by atoms with E-state index in [1.54, 1.807) is 0 Å². The van der Waals surface area contributed by atoms with Gasteiger partial charge in [0.2, 0.25) is 0 Å². The van der Waals surface area contributed by atoms with Crippen molar-refractivity contribution >= 4 is 25.2 Å². The molecule has 1 aromatic carbocycles. The summed E-state index contributed by atoms with van der Waals surface area (Å²) in [5.41, 5.74) is 1.59. The molecule has 1 aliphatic heterocycles. The number of nitrogens with zero attached hydrogens (tertiary/aromatic N) is 2. The standard InChI is InChI=1S/C16H18N2O2Se/c1-2-20-15(19)13-14(12-8-4-3-5-9-12)21-16(17-13)18-10-6-7-11-18/h3-5,8-9H,2,6-7,10-11H2,1H3. The zero-order valence-corrected chi connectivity index (χ0v) is 13.8. The molecule has 0 N–H and O–H groups in total. The van der Waals surface area contributed by atoms with E-state index in [1.807, 2.05) is 37.3 Å². The van der Waals surface area contributed by atoms with E-state index in [0.717, 1.165) is 27.8 Å². The Balaban J connectivity index is 2.01. The fraction of sp³-hybridized carbons (Fsp3) is 0.375. The van der Waals surface area contributed by atoms with Gasteiger partial charge in [-0.3, -0.25) is 0 Å². The zero-order chi connectivity index (χ0) is 14.7. The third kappa shape index (κ3) is 3.04. The fourth-order valence-electron chi connectivity index (χ4n) is 2.48. The van der Waals surface area contributed by atoms with Gasteiger partial charge in [0, 0.05) is 0 Å². The zero-order valence-electron chi connectivity index (χ0n) is 12.0. The maximum atomic E-state index is 12.2. The van der Waals surface area contributed by atoms with Gasteiger partial charge in [-0.05, 0) is 0 Å². The van der Waals surface area contributed by atoms with Gasteiger partial charge < -0.3 is 0 Å². The summed E-state index contributed by atoms with van der Waals surface area (Å²) in [5.74, 6) is -0.299. The number of hydrogen-bond acceptors (Lipinski definition) is 4. The van der Waals surface area contributed by atoms with E-state index in [0.29, 0.717) is 12.3 Å². The van der Waals surface area contributed by atoms with E-state index in [1.165, 1.54) is 12.8 Å². The summed E-state index contributed by atoms with van der Waals surface area (Å²) in [5, 5.41) is 0. The van der Waals surface area contributed by atoms with Crippen molar-refractivity contribution in [3.05, 3.63) is 36.0 Å². The molecule has 0 bridgehead atoms. The Morgan fingerprint density at radius 2 is 2.00 bits per heavy atom. The SMILES string of the molecule is CCOC(=O)c1nc(N2CCCC2)[se]c1-c1ccccc1. The van der Waals surface area contributed by atoms with Crippen LogP contribution in [0.5, 0.6) is 0 Å². The minimum atomic E-state index is -0.299. The van der Waals surface area contributed by atoms with Crippen LogP contribution in [-0.2, 0) is 4.74 Å². The average Bonchev–Trinajstić information content (AvgIpc) is 3.17. The van der Waals surface area contributed by atoms with Crippen LogP contribution < -0.4 is 4.90 Å². The Morgan fingerprint density at radius 3 is 2.67 bits per heavy atom. The molecule has 1 saturated heterocycles. The molecule has 21 heavy (non-hydrogen) atoms. The summed E-state index contributed by atoms with van der Waals surface area (Å²) >= 11 is 0.0772. The second kappa shape index (κ2) is 6.46. The molecule has 2 heterocycles. The number of rotatable bonds is 4. The predicted molar refractivity (Wildman–Crippen MR) is 84.0 cm³/mol. The number of carbonyl (C=O) groups is 1. The summed E-state index contributed by atoms with van der Waals surface area (Å²) in [6, 6.07) is 10.1. The number of carbonyl (C=O) groups excluding carboxylic acids is 1. The van der Waals surface area contributed by atoms with Crippen LogP contribution >= 0.6 is 0 Å². The molecule has 4 nitrogen and oxygen atoms in total. The average molecular weight is 349 g/mol. The van der Waals surface area contributed by atoms with Crippen LogP contribution in [0.3, 0.4) is 0 Å². The van der Waals surface area contributed by atoms with Crippen molar-refractivity contribution in [2.75, 3.05) is 24.6 Å². The molecule has 110 valence electrons. The first kappa shape index (κ1) is 14.4. The molecule has 1 fully saturated rings. The van der Waals surface area contributed by atoms with Gasteiger partial charge in [-0.2, -0.15) is 0 Å². The minimum absolute atomic E-state index is 0.0772. The van der Waals surface area contributed by atoms with Crippen LogP contribution in [0.4, 0.5) is 4.69 Å². The Hall–Kier alpha value is -1.58. The second-order valence-electron chi connectivity index (χ2n) is 4.95. The number of esters is 1. The number of benzene rings is 1. The van der Waals surface area contributed by atoms with Crippen molar-refractivity contribution in [3.63, 3.8) is 0 Å². The van der Waals surface area contributed by atoms with Gasteiger partial charge in [-0.25, -0.2) is 0 Å². The van der Waals surface area contributed by atoms with Gasteiger partial charge in [0.05, 0.1) is 0 Å². The molecule has 0 radical (unpaired) electrons. The first-order chi connectivity index (χ1) is 10.3. The van der Waals surface area contributed by atoms with Crippen LogP contribution in [0, 0.1) is 0 Å². The fourth-order valence-corrected chi connectivity index (χ4v) is 4.81. The van der Waals surface area contributed by atoms with Crippen LogP contribution in [0.1, 0.15) is 30.3 Å². The summed E-state index contributed by atoms with van der Waals surface area (Å²) in [6.07, 6.45) is 2.43. The van der Waals surface area contributed by atoms with E-state index < -0.39 is 0 Å². The number of aromatic nitrogens is 1. The van der Waals surface area contributed by atoms with E-state index in [-0.39, 0.29) is 20.5 Å². The molecule has 0 atom stereocenters. The molecule has 1 aromatic heterocycles. The molecule has 0 spiro atoms. The van der Waals surface area contributed by atoms with Crippen LogP contribution in [-0.4, -0.2) is 45.2 Å².